The number of nitrogens with zero attached hydrogens (tertiary/aromatic N) is 2. The number of nitrogens with two attached hydrogens (primary N) is 1. The number of amides is 1. The van der Waals surface area contributed by atoms with Gasteiger partial charge in [0.15, 0.2) is 0 Å². The number of piperidine rings is 1. The molecule has 1 saturated carbocycles. The maximum atomic E-state index is 13.0. The second-order valence-corrected chi connectivity index (χ2v) is 7.22. The van der Waals surface area contributed by atoms with Crippen molar-refractivity contribution < 1.29 is 9.53 Å². The fourth-order valence-corrected chi connectivity index (χ4v) is 4.25. The molecule has 2 heterocycles. The summed E-state index contributed by atoms with van der Waals surface area (Å²) in [5.74, 6) is 0.558. The van der Waals surface area contributed by atoms with Gasteiger partial charge in [0.25, 0.3) is 0 Å². The molecule has 0 aromatic heterocycles. The van der Waals surface area contributed by atoms with Gasteiger partial charge < -0.3 is 15.4 Å². The number of morpholine rings is 1. The molecule has 2 aliphatic heterocycles. The molecule has 1 amide bonds. The van der Waals surface area contributed by atoms with Crippen molar-refractivity contribution >= 4 is 5.91 Å². The molecule has 5 heteroatoms. The van der Waals surface area contributed by atoms with Crippen molar-refractivity contribution in [1.29, 1.82) is 0 Å². The lowest BCUT2D eigenvalue weighted by Gasteiger charge is -2.42. The van der Waals surface area contributed by atoms with E-state index in [9.17, 15) is 4.79 Å². The normalized spacial score (nSPS) is 34.6. The molecular weight excluding hydrogens is 278 g/mol. The molecule has 2 N–H and O–H groups in total. The largest absolute Gasteiger partial charge is 0.379 e. The van der Waals surface area contributed by atoms with Gasteiger partial charge in [0, 0.05) is 44.2 Å². The van der Waals surface area contributed by atoms with Crippen molar-refractivity contribution in [2.45, 2.75) is 57.0 Å². The van der Waals surface area contributed by atoms with Gasteiger partial charge in [0.1, 0.15) is 0 Å². The molecule has 0 bridgehead atoms. The maximum Gasteiger partial charge on any atom is 0.226 e. The number of rotatable bonds is 3. The van der Waals surface area contributed by atoms with Crippen LogP contribution in [0.1, 0.15) is 44.9 Å². The second-order valence-electron chi connectivity index (χ2n) is 7.22. The van der Waals surface area contributed by atoms with Crippen LogP contribution >= 0.6 is 0 Å². The van der Waals surface area contributed by atoms with E-state index in [1.807, 2.05) is 0 Å². The lowest BCUT2D eigenvalue weighted by Crippen LogP contribution is -2.53. The third-order valence-electron chi connectivity index (χ3n) is 5.55. The SMILES string of the molecule is N[C@@H]1CCC[C@H](C(=O)N2CCCC[C@@H]2CN2CCOCC2)C1. The zero-order valence-electron chi connectivity index (χ0n) is 13.7. The van der Waals surface area contributed by atoms with Crippen LogP contribution in [0.5, 0.6) is 0 Å². The van der Waals surface area contributed by atoms with Gasteiger partial charge in [-0.05, 0) is 38.5 Å². The summed E-state index contributed by atoms with van der Waals surface area (Å²) in [6.07, 6.45) is 7.68. The molecule has 3 atom stereocenters. The molecular formula is C17H31N3O2. The first kappa shape index (κ1) is 16.2. The summed E-state index contributed by atoms with van der Waals surface area (Å²) < 4.78 is 5.43. The van der Waals surface area contributed by atoms with Crippen molar-refractivity contribution in [1.82, 2.24) is 9.80 Å². The molecule has 22 heavy (non-hydrogen) atoms. The number of hydrogen-bond acceptors (Lipinski definition) is 4. The van der Waals surface area contributed by atoms with E-state index in [2.05, 4.69) is 9.80 Å². The van der Waals surface area contributed by atoms with Gasteiger partial charge in [-0.25, -0.2) is 0 Å². The van der Waals surface area contributed by atoms with E-state index >= 15 is 0 Å². The lowest BCUT2D eigenvalue weighted by molar-refractivity contribution is -0.141. The number of hydrogen-bond donors (Lipinski definition) is 1. The number of likely N-dealkylation sites (tertiary alicyclic amines) is 1. The Labute approximate surface area is 134 Å². The number of ether oxygens (including phenoxy) is 1. The Bertz CT molecular complexity index is 371. The van der Waals surface area contributed by atoms with Crippen LogP contribution in [0.4, 0.5) is 0 Å². The molecule has 0 unspecified atom stereocenters. The highest BCUT2D eigenvalue weighted by molar-refractivity contribution is 5.79. The monoisotopic (exact) mass is 309 g/mol. The minimum atomic E-state index is 0.175. The van der Waals surface area contributed by atoms with Crippen LogP contribution in [0, 0.1) is 5.92 Å². The van der Waals surface area contributed by atoms with Gasteiger partial charge in [-0.2, -0.15) is 0 Å². The van der Waals surface area contributed by atoms with Crippen molar-refractivity contribution in [3.63, 3.8) is 0 Å². The standard InChI is InChI=1S/C17H31N3O2/c18-15-5-3-4-14(12-15)17(21)20-7-2-1-6-16(20)13-19-8-10-22-11-9-19/h14-16H,1-13,18H2/t14-,15+,16+/m0/s1. The molecule has 126 valence electrons. The average Bonchev–Trinajstić information content (AvgIpc) is 2.56. The molecule has 3 fully saturated rings. The Balaban J connectivity index is 1.59. The summed E-state index contributed by atoms with van der Waals surface area (Å²) in [5.41, 5.74) is 6.08. The highest BCUT2D eigenvalue weighted by Crippen LogP contribution is 2.28. The molecule has 3 aliphatic rings. The van der Waals surface area contributed by atoms with Crippen LogP contribution in [-0.2, 0) is 9.53 Å². The predicted octanol–water partition coefficient (Wildman–Crippen LogP) is 1.22. The van der Waals surface area contributed by atoms with Crippen LogP contribution in [0.15, 0.2) is 0 Å². The smallest absolute Gasteiger partial charge is 0.226 e. The Morgan fingerprint density at radius 3 is 2.64 bits per heavy atom. The summed E-state index contributed by atoms with van der Waals surface area (Å²) in [6.45, 7) is 5.64. The zero-order valence-corrected chi connectivity index (χ0v) is 13.7. The molecule has 3 rings (SSSR count). The molecule has 0 aromatic carbocycles. The third kappa shape index (κ3) is 4.00. The second kappa shape index (κ2) is 7.75. The van der Waals surface area contributed by atoms with Gasteiger partial charge in [-0.3, -0.25) is 9.69 Å². The Morgan fingerprint density at radius 1 is 1.05 bits per heavy atom. The minimum Gasteiger partial charge on any atom is -0.379 e. The quantitative estimate of drug-likeness (QED) is 0.851. The van der Waals surface area contributed by atoms with E-state index in [0.29, 0.717) is 11.9 Å². The highest BCUT2D eigenvalue weighted by Gasteiger charge is 2.34. The van der Waals surface area contributed by atoms with Gasteiger partial charge in [-0.15, -0.1) is 0 Å². The van der Waals surface area contributed by atoms with Crippen LogP contribution in [0.3, 0.4) is 0 Å². The Kier molecular flexibility index (Phi) is 5.71. The van der Waals surface area contributed by atoms with E-state index in [1.165, 1.54) is 6.42 Å². The highest BCUT2D eigenvalue weighted by atomic mass is 16.5. The summed E-state index contributed by atoms with van der Waals surface area (Å²) in [6, 6.07) is 0.627. The molecule has 0 radical (unpaired) electrons. The van der Waals surface area contributed by atoms with Crippen molar-refractivity contribution in [2.24, 2.45) is 11.7 Å². The number of carbonyl (C=O) groups is 1. The van der Waals surface area contributed by atoms with Gasteiger partial charge in [0.2, 0.25) is 5.91 Å². The van der Waals surface area contributed by atoms with Crippen LogP contribution < -0.4 is 5.73 Å². The van der Waals surface area contributed by atoms with E-state index < -0.39 is 0 Å². The third-order valence-corrected chi connectivity index (χ3v) is 5.55. The van der Waals surface area contributed by atoms with Gasteiger partial charge in [-0.1, -0.05) is 6.42 Å². The first-order valence-electron chi connectivity index (χ1n) is 9.10. The summed E-state index contributed by atoms with van der Waals surface area (Å²) in [4.78, 5) is 17.6. The topological polar surface area (TPSA) is 58.8 Å². The molecule has 0 spiro atoms. The van der Waals surface area contributed by atoms with Crippen molar-refractivity contribution in [2.75, 3.05) is 39.4 Å². The Hall–Kier alpha value is -0.650. The van der Waals surface area contributed by atoms with E-state index in [1.54, 1.807) is 0 Å². The van der Waals surface area contributed by atoms with Crippen LogP contribution in [0.25, 0.3) is 0 Å². The van der Waals surface area contributed by atoms with Gasteiger partial charge >= 0.3 is 0 Å². The fraction of sp³-hybridized carbons (Fsp3) is 0.941. The van der Waals surface area contributed by atoms with E-state index in [-0.39, 0.29) is 12.0 Å². The van der Waals surface area contributed by atoms with Crippen molar-refractivity contribution in [3.8, 4) is 0 Å². The molecule has 5 nitrogen and oxygen atoms in total. The average molecular weight is 309 g/mol. The van der Waals surface area contributed by atoms with E-state index in [0.717, 1.165) is 77.9 Å². The first-order valence-corrected chi connectivity index (χ1v) is 9.10. The Morgan fingerprint density at radius 2 is 1.86 bits per heavy atom. The molecule has 0 aromatic rings. The van der Waals surface area contributed by atoms with Crippen LogP contribution in [-0.4, -0.2) is 67.2 Å². The first-order chi connectivity index (χ1) is 10.7. The molecule has 1 aliphatic carbocycles. The van der Waals surface area contributed by atoms with Gasteiger partial charge in [0.05, 0.1) is 13.2 Å². The lowest BCUT2D eigenvalue weighted by atomic mass is 9.84. The summed E-state index contributed by atoms with van der Waals surface area (Å²) in [7, 11) is 0. The predicted molar refractivity (Wildman–Crippen MR) is 86.5 cm³/mol. The van der Waals surface area contributed by atoms with E-state index in [4.69, 9.17) is 10.5 Å². The maximum absolute atomic E-state index is 13.0. The van der Waals surface area contributed by atoms with Crippen molar-refractivity contribution in [3.05, 3.63) is 0 Å². The fourth-order valence-electron chi connectivity index (χ4n) is 4.25. The number of carbonyl (C=O) groups excluding carboxylic acids is 1. The molecule has 2 saturated heterocycles. The summed E-state index contributed by atoms with van der Waals surface area (Å²) in [5, 5.41) is 0. The van der Waals surface area contributed by atoms with Crippen LogP contribution in [0.2, 0.25) is 0 Å². The minimum absolute atomic E-state index is 0.175. The zero-order chi connectivity index (χ0) is 15.4. The summed E-state index contributed by atoms with van der Waals surface area (Å²) >= 11 is 0.